The Balaban J connectivity index is 1.04. The van der Waals surface area contributed by atoms with Crippen LogP contribution in [0.25, 0.3) is 113 Å². The summed E-state index contributed by atoms with van der Waals surface area (Å²) in [6.07, 6.45) is 5.50. The number of pyridine rings is 2. The van der Waals surface area contributed by atoms with Gasteiger partial charge in [0.2, 0.25) is 0 Å². The average molecular weight is 847 g/mol. The van der Waals surface area contributed by atoms with Gasteiger partial charge in [-0.15, -0.1) is 0 Å². The third-order valence-electron chi connectivity index (χ3n) is 11.4. The van der Waals surface area contributed by atoms with Crippen molar-refractivity contribution in [2.45, 2.75) is 0 Å². The molecule has 0 saturated heterocycles. The highest BCUT2D eigenvalue weighted by molar-refractivity contribution is 5.88. The van der Waals surface area contributed by atoms with E-state index in [0.29, 0.717) is 34.9 Å². The van der Waals surface area contributed by atoms with E-state index in [9.17, 15) is 0 Å². The molecule has 0 amide bonds. The van der Waals surface area contributed by atoms with Gasteiger partial charge in [-0.2, -0.15) is 0 Å². The monoisotopic (exact) mass is 846 g/mol. The molecule has 0 aliphatic rings. The van der Waals surface area contributed by atoms with Crippen LogP contribution in [0.3, 0.4) is 0 Å². The number of nitrogens with zero attached hydrogens (tertiary/aromatic N) is 8. The second-order valence-electron chi connectivity index (χ2n) is 15.6. The fourth-order valence-corrected chi connectivity index (χ4v) is 8.09. The highest BCUT2D eigenvalue weighted by Gasteiger charge is 2.19. The first-order valence-electron chi connectivity index (χ1n) is 21.7. The Labute approximate surface area is 382 Å². The standard InChI is InChI=1S/C58H38N8/c1-4-17-40(18-5-1)53-61-54(41-19-6-2-7-20-41)63-56(62-53)43-31-29-39(30-32-43)45-35-46(44-23-16-33-59-38-44)37-47(36-45)48-24-10-12-26-50(48)57-64-55(42-21-8-3-9-22-42)65-58(66-57)51-27-13-11-25-49(51)52-28-14-15-34-60-52/h1-38H. The van der Waals surface area contributed by atoms with E-state index in [4.69, 9.17) is 29.9 Å². The van der Waals surface area contributed by atoms with Gasteiger partial charge in [-0.1, -0.05) is 176 Å². The maximum Gasteiger partial charge on any atom is 0.164 e. The van der Waals surface area contributed by atoms with Gasteiger partial charge in [0.1, 0.15) is 0 Å². The Morgan fingerprint density at radius 2 is 0.621 bits per heavy atom. The average Bonchev–Trinajstić information content (AvgIpc) is 3.42. The molecule has 0 aliphatic carbocycles. The first-order valence-corrected chi connectivity index (χ1v) is 21.7. The van der Waals surface area contributed by atoms with Crippen LogP contribution < -0.4 is 0 Å². The van der Waals surface area contributed by atoms with Crippen LogP contribution in [-0.2, 0) is 0 Å². The third kappa shape index (κ3) is 8.25. The zero-order valence-corrected chi connectivity index (χ0v) is 35.5. The van der Waals surface area contributed by atoms with Crippen molar-refractivity contribution in [3.8, 4) is 113 Å². The fraction of sp³-hybridized carbons (Fsp3) is 0. The van der Waals surface area contributed by atoms with Crippen LogP contribution in [0.4, 0.5) is 0 Å². The number of hydrogen-bond donors (Lipinski definition) is 0. The summed E-state index contributed by atoms with van der Waals surface area (Å²) < 4.78 is 0. The van der Waals surface area contributed by atoms with Crippen LogP contribution in [-0.4, -0.2) is 39.9 Å². The molecule has 11 aromatic rings. The van der Waals surface area contributed by atoms with Crippen molar-refractivity contribution in [2.24, 2.45) is 0 Å². The Bertz CT molecular complexity index is 3380. The normalized spacial score (nSPS) is 11.0. The minimum atomic E-state index is 0.560. The summed E-state index contributed by atoms with van der Waals surface area (Å²) in [5.41, 5.74) is 13.2. The third-order valence-corrected chi connectivity index (χ3v) is 11.4. The quantitative estimate of drug-likeness (QED) is 0.134. The summed E-state index contributed by atoms with van der Waals surface area (Å²) >= 11 is 0. The molecular formula is C58H38N8. The molecule has 0 atom stereocenters. The Morgan fingerprint density at radius 3 is 1.14 bits per heavy atom. The largest absolute Gasteiger partial charge is 0.264 e. The smallest absolute Gasteiger partial charge is 0.164 e. The molecule has 11 rings (SSSR count). The highest BCUT2D eigenvalue weighted by atomic mass is 15.0. The van der Waals surface area contributed by atoms with Crippen molar-refractivity contribution in [1.82, 2.24) is 39.9 Å². The molecule has 310 valence electrons. The van der Waals surface area contributed by atoms with Gasteiger partial charge in [0, 0.05) is 63.1 Å². The van der Waals surface area contributed by atoms with E-state index < -0.39 is 0 Å². The highest BCUT2D eigenvalue weighted by Crippen LogP contribution is 2.39. The lowest BCUT2D eigenvalue weighted by atomic mass is 9.91. The van der Waals surface area contributed by atoms with E-state index >= 15 is 0 Å². The molecule has 7 aromatic carbocycles. The van der Waals surface area contributed by atoms with Gasteiger partial charge in [-0.25, -0.2) is 29.9 Å². The van der Waals surface area contributed by atoms with E-state index in [2.05, 4.69) is 82.8 Å². The topological polar surface area (TPSA) is 103 Å². The van der Waals surface area contributed by atoms with Crippen molar-refractivity contribution in [3.63, 3.8) is 0 Å². The molecule has 0 unspecified atom stereocenters. The van der Waals surface area contributed by atoms with E-state index in [1.54, 1.807) is 12.4 Å². The SMILES string of the molecule is c1ccc(-c2nc(-c3ccccc3)nc(-c3ccc(-c4cc(-c5cccnc5)cc(-c5ccccc5-c5nc(-c6ccccc6)nc(-c6ccccc6-c6ccccn6)n5)c4)cc3)n2)cc1. The first kappa shape index (κ1) is 39.7. The summed E-state index contributed by atoms with van der Waals surface area (Å²) in [6, 6.07) is 71.6. The molecule has 4 heterocycles. The number of benzene rings is 7. The Morgan fingerprint density at radius 1 is 0.227 bits per heavy atom. The zero-order chi connectivity index (χ0) is 44.1. The van der Waals surface area contributed by atoms with Crippen molar-refractivity contribution in [1.29, 1.82) is 0 Å². The molecular weight excluding hydrogens is 809 g/mol. The van der Waals surface area contributed by atoms with Gasteiger partial charge in [-0.3, -0.25) is 9.97 Å². The summed E-state index contributed by atoms with van der Waals surface area (Å²) in [6.45, 7) is 0. The van der Waals surface area contributed by atoms with Crippen molar-refractivity contribution in [3.05, 3.63) is 231 Å². The minimum absolute atomic E-state index is 0.560. The van der Waals surface area contributed by atoms with Crippen LogP contribution in [0, 0.1) is 0 Å². The molecule has 4 aromatic heterocycles. The van der Waals surface area contributed by atoms with Crippen LogP contribution in [0.5, 0.6) is 0 Å². The second-order valence-corrected chi connectivity index (χ2v) is 15.6. The summed E-state index contributed by atoms with van der Waals surface area (Å²) in [5.74, 6) is 3.54. The van der Waals surface area contributed by atoms with Crippen molar-refractivity contribution in [2.75, 3.05) is 0 Å². The van der Waals surface area contributed by atoms with Crippen molar-refractivity contribution < 1.29 is 0 Å². The van der Waals surface area contributed by atoms with E-state index in [-0.39, 0.29) is 0 Å². The summed E-state index contributed by atoms with van der Waals surface area (Å²) in [7, 11) is 0. The number of aromatic nitrogens is 8. The Kier molecular flexibility index (Phi) is 10.8. The van der Waals surface area contributed by atoms with Gasteiger partial charge in [0.15, 0.2) is 34.9 Å². The molecule has 0 aliphatic heterocycles. The predicted molar refractivity (Wildman–Crippen MR) is 263 cm³/mol. The van der Waals surface area contributed by atoms with Crippen LogP contribution >= 0.6 is 0 Å². The molecule has 0 bridgehead atoms. The van der Waals surface area contributed by atoms with Gasteiger partial charge in [0.25, 0.3) is 0 Å². The zero-order valence-electron chi connectivity index (χ0n) is 35.5. The van der Waals surface area contributed by atoms with Crippen LogP contribution in [0.1, 0.15) is 0 Å². The minimum Gasteiger partial charge on any atom is -0.264 e. The second kappa shape index (κ2) is 17.9. The lowest BCUT2D eigenvalue weighted by Gasteiger charge is -2.15. The summed E-state index contributed by atoms with van der Waals surface area (Å²) in [5, 5.41) is 0. The molecule has 0 radical (unpaired) electrons. The first-order chi connectivity index (χ1) is 32.7. The molecule has 8 nitrogen and oxygen atoms in total. The van der Waals surface area contributed by atoms with Gasteiger partial charge < -0.3 is 0 Å². The maximum atomic E-state index is 5.25. The summed E-state index contributed by atoms with van der Waals surface area (Å²) in [4.78, 5) is 39.5. The van der Waals surface area contributed by atoms with Crippen molar-refractivity contribution >= 4 is 0 Å². The van der Waals surface area contributed by atoms with Gasteiger partial charge in [0.05, 0.1) is 5.69 Å². The predicted octanol–water partition coefficient (Wildman–Crippen LogP) is 13.5. The molecule has 0 saturated carbocycles. The molecule has 8 heteroatoms. The lowest BCUT2D eigenvalue weighted by molar-refractivity contribution is 1.07. The fourth-order valence-electron chi connectivity index (χ4n) is 8.09. The molecule has 0 N–H and O–H groups in total. The van der Waals surface area contributed by atoms with Crippen LogP contribution in [0.2, 0.25) is 0 Å². The number of hydrogen-bond acceptors (Lipinski definition) is 8. The van der Waals surface area contributed by atoms with Crippen LogP contribution in [0.15, 0.2) is 231 Å². The number of rotatable bonds is 10. The van der Waals surface area contributed by atoms with E-state index in [0.717, 1.165) is 78.0 Å². The molecule has 0 fully saturated rings. The molecule has 66 heavy (non-hydrogen) atoms. The van der Waals surface area contributed by atoms with Gasteiger partial charge >= 0.3 is 0 Å². The lowest BCUT2D eigenvalue weighted by Crippen LogP contribution is -2.02. The van der Waals surface area contributed by atoms with E-state index in [1.807, 2.05) is 146 Å². The van der Waals surface area contributed by atoms with Gasteiger partial charge in [-0.05, 0) is 64.2 Å². The maximum absolute atomic E-state index is 5.25. The molecule has 0 spiro atoms. The Hall–Kier alpha value is -9.14. The van der Waals surface area contributed by atoms with E-state index in [1.165, 1.54) is 0 Å².